The summed E-state index contributed by atoms with van der Waals surface area (Å²) in [4.78, 5) is 32.2. The molecule has 0 unspecified atom stereocenters. The van der Waals surface area contributed by atoms with Crippen molar-refractivity contribution in [2.24, 2.45) is 0 Å². The van der Waals surface area contributed by atoms with Gasteiger partial charge in [-0.05, 0) is 0 Å². The zero-order chi connectivity index (χ0) is 11.6. The molecular formula is C9H5O5Se. The molecule has 0 heterocycles. The van der Waals surface area contributed by atoms with Crippen LogP contribution in [0.2, 0.25) is 0 Å². The van der Waals surface area contributed by atoms with E-state index < -0.39 is 16.6 Å². The molecule has 1 aromatic rings. The number of hydrogen-bond donors (Lipinski definition) is 2. The van der Waals surface area contributed by atoms with Crippen LogP contribution >= 0.6 is 0 Å². The molecule has 2 N–H and O–H groups in total. The first-order valence-electron chi connectivity index (χ1n) is 3.75. The minimum atomic E-state index is -1.28. The van der Waals surface area contributed by atoms with E-state index in [0.29, 0.717) is 0 Å². The Balaban J connectivity index is 3.39. The van der Waals surface area contributed by atoms with Gasteiger partial charge in [0.1, 0.15) is 0 Å². The fourth-order valence-corrected chi connectivity index (χ4v) is 1.24. The van der Waals surface area contributed by atoms with Gasteiger partial charge in [0.05, 0.1) is 0 Å². The Labute approximate surface area is 92.5 Å². The molecule has 1 rings (SSSR count). The SMILES string of the molecule is O=C(O)c1cc(C(=O)O)cc(C(=O)[Se])c1. The molecule has 1 aromatic carbocycles. The third kappa shape index (κ3) is 2.65. The second kappa shape index (κ2) is 4.25. The number of aromatic carboxylic acids is 2. The topological polar surface area (TPSA) is 91.7 Å². The summed E-state index contributed by atoms with van der Waals surface area (Å²) in [6.45, 7) is 0. The van der Waals surface area contributed by atoms with Crippen LogP contribution in [0.15, 0.2) is 18.2 Å². The Morgan fingerprint density at radius 2 is 1.20 bits per heavy atom. The van der Waals surface area contributed by atoms with Gasteiger partial charge in [-0.25, -0.2) is 0 Å². The van der Waals surface area contributed by atoms with Crippen molar-refractivity contribution in [2.75, 3.05) is 0 Å². The van der Waals surface area contributed by atoms with Gasteiger partial charge in [0, 0.05) is 0 Å². The molecule has 0 amide bonds. The van der Waals surface area contributed by atoms with Gasteiger partial charge in [-0.1, -0.05) is 0 Å². The van der Waals surface area contributed by atoms with Crippen LogP contribution < -0.4 is 0 Å². The number of carbonyl (C=O) groups is 3. The summed E-state index contributed by atoms with van der Waals surface area (Å²) in [5.74, 6) is -2.55. The standard InChI is InChI=1S/C9H5O5Se/c10-7(11)4-1-5(8(12)13)3-6(2-4)9(14)15/h1-3H,(H,10,11)(H,12,13). The summed E-state index contributed by atoms with van der Waals surface area (Å²) in [7, 11) is 0. The molecule has 0 aliphatic rings. The van der Waals surface area contributed by atoms with Crippen LogP contribution in [0.25, 0.3) is 0 Å². The van der Waals surface area contributed by atoms with Crippen LogP contribution in [-0.4, -0.2) is 42.8 Å². The summed E-state index contributed by atoms with van der Waals surface area (Å²) in [5.41, 5.74) is -0.436. The summed E-state index contributed by atoms with van der Waals surface area (Å²) < 4.78 is -0.499. The van der Waals surface area contributed by atoms with Gasteiger partial charge < -0.3 is 0 Å². The maximum atomic E-state index is 11.0. The predicted molar refractivity (Wildman–Crippen MR) is 50.4 cm³/mol. The molecule has 0 saturated carbocycles. The number of hydrogen-bond acceptors (Lipinski definition) is 3. The minimum absolute atomic E-state index is 0.0206. The van der Waals surface area contributed by atoms with E-state index in [-0.39, 0.29) is 16.7 Å². The molecule has 0 fully saturated rings. The number of carboxylic acids is 2. The van der Waals surface area contributed by atoms with Crippen molar-refractivity contribution in [2.45, 2.75) is 0 Å². The molecule has 0 spiro atoms. The van der Waals surface area contributed by atoms with Gasteiger partial charge in [0.25, 0.3) is 0 Å². The summed E-state index contributed by atoms with van der Waals surface area (Å²) >= 11 is 2.16. The van der Waals surface area contributed by atoms with Crippen LogP contribution in [-0.2, 0) is 0 Å². The van der Waals surface area contributed by atoms with E-state index in [1.165, 1.54) is 0 Å². The van der Waals surface area contributed by atoms with Crippen LogP contribution in [0.1, 0.15) is 31.1 Å². The Bertz CT molecular complexity index is 373. The molecular weight excluding hydrogens is 267 g/mol. The molecule has 5 nitrogen and oxygen atoms in total. The van der Waals surface area contributed by atoms with E-state index in [0.717, 1.165) is 18.2 Å². The fraction of sp³-hybridized carbons (Fsp3) is 0. The average Bonchev–Trinajstić information content (AvgIpc) is 2.16. The van der Waals surface area contributed by atoms with Gasteiger partial charge in [-0.2, -0.15) is 0 Å². The van der Waals surface area contributed by atoms with Crippen molar-refractivity contribution in [1.29, 1.82) is 0 Å². The average molecular weight is 272 g/mol. The van der Waals surface area contributed by atoms with Gasteiger partial charge in [-0.3, -0.25) is 0 Å². The van der Waals surface area contributed by atoms with Crippen LogP contribution in [0.4, 0.5) is 0 Å². The number of carboxylic acid groups (broad SMARTS) is 2. The molecule has 0 atom stereocenters. The van der Waals surface area contributed by atoms with Crippen molar-refractivity contribution in [3.63, 3.8) is 0 Å². The third-order valence-corrected chi connectivity index (χ3v) is 2.16. The summed E-state index contributed by atoms with van der Waals surface area (Å²) in [6.07, 6.45) is 0. The molecule has 15 heavy (non-hydrogen) atoms. The number of benzene rings is 1. The van der Waals surface area contributed by atoms with Gasteiger partial charge >= 0.3 is 92.1 Å². The van der Waals surface area contributed by atoms with E-state index >= 15 is 0 Å². The maximum absolute atomic E-state index is 11.0. The second-order valence-corrected chi connectivity index (χ2v) is 3.47. The van der Waals surface area contributed by atoms with Gasteiger partial charge in [0.15, 0.2) is 0 Å². The van der Waals surface area contributed by atoms with Crippen molar-refractivity contribution in [3.8, 4) is 0 Å². The van der Waals surface area contributed by atoms with Gasteiger partial charge in [-0.15, -0.1) is 0 Å². The molecule has 0 saturated heterocycles. The predicted octanol–water partition coefficient (Wildman–Crippen LogP) is 0.392. The first kappa shape index (κ1) is 11.4. The molecule has 1 radical (unpaired) electrons. The van der Waals surface area contributed by atoms with Crippen molar-refractivity contribution in [3.05, 3.63) is 34.9 Å². The monoisotopic (exact) mass is 273 g/mol. The Morgan fingerprint density at radius 3 is 1.47 bits per heavy atom. The van der Waals surface area contributed by atoms with E-state index in [1.807, 2.05) is 0 Å². The molecule has 0 aliphatic carbocycles. The normalized spacial score (nSPS) is 9.60. The molecule has 6 heteroatoms. The number of rotatable bonds is 3. The van der Waals surface area contributed by atoms with Crippen LogP contribution in [0, 0.1) is 0 Å². The molecule has 0 aliphatic heterocycles. The van der Waals surface area contributed by atoms with Crippen LogP contribution in [0.3, 0.4) is 0 Å². The van der Waals surface area contributed by atoms with Gasteiger partial charge in [0.2, 0.25) is 0 Å². The second-order valence-electron chi connectivity index (χ2n) is 2.70. The molecule has 0 bridgehead atoms. The first-order valence-corrected chi connectivity index (χ1v) is 4.60. The Kier molecular flexibility index (Phi) is 3.24. The van der Waals surface area contributed by atoms with Crippen molar-refractivity contribution < 1.29 is 24.6 Å². The Hall–Kier alpha value is -1.65. The quantitative estimate of drug-likeness (QED) is 0.777. The number of carbonyl (C=O) groups excluding carboxylic acids is 1. The molecule has 77 valence electrons. The Morgan fingerprint density at radius 1 is 0.867 bits per heavy atom. The van der Waals surface area contributed by atoms with E-state index in [1.54, 1.807) is 0 Å². The first-order chi connectivity index (χ1) is 6.91. The zero-order valence-electron chi connectivity index (χ0n) is 7.26. The van der Waals surface area contributed by atoms with E-state index in [2.05, 4.69) is 16.0 Å². The van der Waals surface area contributed by atoms with Crippen LogP contribution in [0.5, 0.6) is 0 Å². The summed E-state index contributed by atoms with van der Waals surface area (Å²) in [5, 5.41) is 17.4. The van der Waals surface area contributed by atoms with Crippen molar-refractivity contribution in [1.82, 2.24) is 0 Å². The zero-order valence-corrected chi connectivity index (χ0v) is 8.97. The van der Waals surface area contributed by atoms with E-state index in [4.69, 9.17) is 10.2 Å². The molecule has 0 aromatic heterocycles. The van der Waals surface area contributed by atoms with E-state index in [9.17, 15) is 14.4 Å². The third-order valence-electron chi connectivity index (χ3n) is 1.66. The fourth-order valence-electron chi connectivity index (χ4n) is 0.992. The van der Waals surface area contributed by atoms with Crippen molar-refractivity contribution >= 4 is 32.6 Å². The summed E-state index contributed by atoms with van der Waals surface area (Å²) in [6, 6.07) is 3.23.